The summed E-state index contributed by atoms with van der Waals surface area (Å²) >= 11 is 5.40. The lowest BCUT2D eigenvalue weighted by Gasteiger charge is -2.25. The predicted octanol–water partition coefficient (Wildman–Crippen LogP) is 5.79. The lowest BCUT2D eigenvalue weighted by Crippen LogP contribution is -2.28. The molecule has 2 N–H and O–H groups in total. The first kappa shape index (κ1) is 23.4. The molecule has 0 bridgehead atoms. The zero-order chi connectivity index (χ0) is 21.1. The minimum atomic E-state index is 0.122. The van der Waals surface area contributed by atoms with Crippen molar-refractivity contribution >= 4 is 17.4 Å². The third kappa shape index (κ3) is 7.48. The van der Waals surface area contributed by atoms with Crippen LogP contribution in [0.2, 0.25) is 0 Å². The number of ether oxygens (including phenoxy) is 2. The van der Waals surface area contributed by atoms with Crippen LogP contribution < -0.4 is 14.8 Å². The van der Waals surface area contributed by atoms with Crippen LogP contribution in [0.1, 0.15) is 75.8 Å². The van der Waals surface area contributed by atoms with Crippen molar-refractivity contribution in [2.24, 2.45) is 0 Å². The number of aryl methyl sites for hydroxylation is 1. The number of rotatable bonds is 11. The Hall–Kier alpha value is -1.85. The maximum Gasteiger partial charge on any atom is 0.262 e. The molecule has 0 spiro atoms. The Balaban J connectivity index is 2.38. The van der Waals surface area contributed by atoms with E-state index in [2.05, 4.69) is 44.0 Å². The van der Waals surface area contributed by atoms with Crippen LogP contribution in [0.25, 0.3) is 0 Å². The third-order valence-corrected chi connectivity index (χ3v) is 5.42. The number of allylic oxidation sites excluding steroid dienone is 2. The van der Waals surface area contributed by atoms with E-state index < -0.39 is 0 Å². The van der Waals surface area contributed by atoms with Crippen LogP contribution in [0, 0.1) is 0 Å². The molecule has 0 fully saturated rings. The van der Waals surface area contributed by atoms with E-state index in [9.17, 15) is 0 Å². The maximum atomic E-state index is 8.99. The first-order valence-corrected chi connectivity index (χ1v) is 11.2. The van der Waals surface area contributed by atoms with Gasteiger partial charge in [-0.25, -0.2) is 0 Å². The molecule has 0 amide bonds. The Bertz CT molecular complexity index is 714. The second-order valence-corrected chi connectivity index (χ2v) is 8.02. The number of hydrogen-bond acceptors (Lipinski definition) is 4. The average Bonchev–Trinajstić information content (AvgIpc) is 2.68. The van der Waals surface area contributed by atoms with Crippen LogP contribution in [0.5, 0.6) is 11.5 Å². The van der Waals surface area contributed by atoms with Crippen molar-refractivity contribution in [3.8, 4) is 11.5 Å². The van der Waals surface area contributed by atoms with Crippen LogP contribution >= 0.6 is 12.2 Å². The average molecular weight is 418 g/mol. The van der Waals surface area contributed by atoms with Crippen LogP contribution in [-0.2, 0) is 6.42 Å². The minimum Gasteiger partial charge on any atom is -0.465 e. The molecule has 1 aromatic rings. The molecule has 0 aromatic heterocycles. The van der Waals surface area contributed by atoms with Gasteiger partial charge in [-0.2, -0.15) is 0 Å². The van der Waals surface area contributed by atoms with Gasteiger partial charge in [0.25, 0.3) is 5.17 Å². The van der Waals surface area contributed by atoms with Gasteiger partial charge in [0.2, 0.25) is 0 Å². The number of unbranched alkanes of at least 4 members (excludes halogenated alkanes) is 2. The fourth-order valence-corrected chi connectivity index (χ4v) is 3.95. The lowest BCUT2D eigenvalue weighted by molar-refractivity contribution is 0.288. The largest absolute Gasteiger partial charge is 0.465 e. The highest BCUT2D eigenvalue weighted by Gasteiger charge is 2.24. The molecule has 0 aliphatic heterocycles. The zero-order valence-electron chi connectivity index (χ0n) is 17.8. The summed E-state index contributed by atoms with van der Waals surface area (Å²) in [5.41, 5.74) is 3.62. The van der Waals surface area contributed by atoms with Crippen molar-refractivity contribution in [2.45, 2.75) is 71.1 Å². The first-order valence-electron chi connectivity index (χ1n) is 10.8. The number of aliphatic hydroxyl groups is 1. The fraction of sp³-hybridized carbons (Fsp3) is 0.542. The van der Waals surface area contributed by atoms with Gasteiger partial charge in [0.1, 0.15) is 11.5 Å². The molecule has 1 unspecified atom stereocenters. The van der Waals surface area contributed by atoms with E-state index in [1.807, 2.05) is 0 Å². The molecule has 5 heteroatoms. The van der Waals surface area contributed by atoms with E-state index >= 15 is 0 Å². The smallest absolute Gasteiger partial charge is 0.262 e. The van der Waals surface area contributed by atoms with Crippen LogP contribution in [0.3, 0.4) is 0 Å². The van der Waals surface area contributed by atoms with Gasteiger partial charge >= 0.3 is 0 Å². The van der Waals surface area contributed by atoms with Crippen molar-refractivity contribution in [3.63, 3.8) is 0 Å². The maximum absolute atomic E-state index is 8.99. The number of hydrogen-bond donors (Lipinski definition) is 2. The van der Waals surface area contributed by atoms with Crippen molar-refractivity contribution in [1.82, 2.24) is 5.32 Å². The third-order valence-electron chi connectivity index (χ3n) is 5.19. The van der Waals surface area contributed by atoms with Crippen LogP contribution in [0.4, 0.5) is 0 Å². The molecule has 0 radical (unpaired) electrons. The van der Waals surface area contributed by atoms with E-state index in [0.29, 0.717) is 18.1 Å². The highest BCUT2D eigenvalue weighted by Crippen LogP contribution is 2.43. The summed E-state index contributed by atoms with van der Waals surface area (Å²) in [7, 11) is 0. The molecule has 1 aromatic carbocycles. The Morgan fingerprint density at radius 3 is 2.79 bits per heavy atom. The lowest BCUT2D eigenvalue weighted by atomic mass is 9.84. The Morgan fingerprint density at radius 2 is 2.10 bits per heavy atom. The number of nitrogens with one attached hydrogen (secondary N) is 1. The van der Waals surface area contributed by atoms with E-state index in [-0.39, 0.29) is 12.5 Å². The van der Waals surface area contributed by atoms with Gasteiger partial charge in [-0.3, -0.25) is 0 Å². The number of benzene rings is 1. The molecule has 1 aliphatic carbocycles. The summed E-state index contributed by atoms with van der Waals surface area (Å²) in [4.78, 5) is 0. The summed E-state index contributed by atoms with van der Waals surface area (Å²) < 4.78 is 12.0. The summed E-state index contributed by atoms with van der Waals surface area (Å²) in [6.45, 7) is 8.86. The van der Waals surface area contributed by atoms with Gasteiger partial charge in [-0.1, -0.05) is 38.0 Å². The minimum absolute atomic E-state index is 0.122. The van der Waals surface area contributed by atoms with Gasteiger partial charge in [0.05, 0.1) is 6.26 Å². The topological polar surface area (TPSA) is 50.7 Å². The monoisotopic (exact) mass is 417 g/mol. The van der Waals surface area contributed by atoms with Crippen molar-refractivity contribution < 1.29 is 14.6 Å². The van der Waals surface area contributed by atoms with E-state index in [0.717, 1.165) is 49.2 Å². The van der Waals surface area contributed by atoms with E-state index in [4.69, 9.17) is 26.8 Å². The summed E-state index contributed by atoms with van der Waals surface area (Å²) in [5, 5.41) is 12.4. The van der Waals surface area contributed by atoms with Crippen LogP contribution in [0.15, 0.2) is 36.6 Å². The zero-order valence-corrected chi connectivity index (χ0v) is 18.7. The predicted molar refractivity (Wildman–Crippen MR) is 124 cm³/mol. The number of aliphatic hydroxyl groups excluding tert-OH is 1. The molecular formula is C24H35NO3S. The van der Waals surface area contributed by atoms with Crippen molar-refractivity contribution in [2.75, 3.05) is 13.2 Å². The Morgan fingerprint density at radius 1 is 1.31 bits per heavy atom. The molecule has 1 atom stereocenters. The van der Waals surface area contributed by atoms with Crippen LogP contribution in [-0.4, -0.2) is 23.4 Å². The van der Waals surface area contributed by atoms with Gasteiger partial charge in [-0.05, 0) is 75.4 Å². The molecule has 1 aliphatic rings. The summed E-state index contributed by atoms with van der Waals surface area (Å²) in [6.07, 6.45) is 12.3. The fourth-order valence-electron chi connectivity index (χ4n) is 3.76. The second kappa shape index (κ2) is 12.7. The summed E-state index contributed by atoms with van der Waals surface area (Å²) in [6, 6.07) is 4.23. The highest BCUT2D eigenvalue weighted by molar-refractivity contribution is 7.80. The normalized spacial score (nSPS) is 16.1. The standard InChI is InChI=1S/C24H35NO3S/c1-4-6-7-11-19-16-21(27-5-2)23(20-12-8-10-18(3)15-20)22(17-19)28-24(29)25-13-9-14-26/h5,15-17,20,26H,2,4,6-14H2,1,3H3,(H,25,29). The van der Waals surface area contributed by atoms with Crippen molar-refractivity contribution in [1.29, 1.82) is 0 Å². The molecule has 0 saturated heterocycles. The molecule has 0 saturated carbocycles. The number of thiocarbonyl (C=S) groups is 1. The van der Waals surface area contributed by atoms with Crippen molar-refractivity contribution in [3.05, 3.63) is 47.7 Å². The molecule has 160 valence electrons. The Kier molecular flexibility index (Phi) is 10.2. The molecule has 29 heavy (non-hydrogen) atoms. The molecule has 2 rings (SSSR count). The van der Waals surface area contributed by atoms with E-state index in [1.54, 1.807) is 0 Å². The molecular weight excluding hydrogens is 382 g/mol. The summed E-state index contributed by atoms with van der Waals surface area (Å²) in [5.74, 6) is 1.80. The van der Waals surface area contributed by atoms with Gasteiger partial charge in [-0.15, -0.1) is 0 Å². The van der Waals surface area contributed by atoms with Gasteiger partial charge in [0, 0.05) is 24.6 Å². The van der Waals surface area contributed by atoms with Gasteiger partial charge in [0.15, 0.2) is 0 Å². The second-order valence-electron chi connectivity index (χ2n) is 7.65. The molecule has 0 heterocycles. The quantitative estimate of drug-likeness (QED) is 0.206. The Labute approximate surface area is 181 Å². The highest BCUT2D eigenvalue weighted by atomic mass is 32.1. The van der Waals surface area contributed by atoms with Gasteiger partial charge < -0.3 is 19.9 Å². The SMILES string of the molecule is C=COc1cc(CCCCC)cc(OC(=S)NCCCO)c1C1C=C(C)CCC1. The van der Waals surface area contributed by atoms with E-state index in [1.165, 1.54) is 30.2 Å². The first-order chi connectivity index (χ1) is 14.1. The molecule has 4 nitrogen and oxygen atoms in total.